The highest BCUT2D eigenvalue weighted by Crippen LogP contribution is 2.22. The lowest BCUT2D eigenvalue weighted by atomic mass is 10.1. The fourth-order valence-corrected chi connectivity index (χ4v) is 2.65. The molecule has 1 saturated heterocycles. The van der Waals surface area contributed by atoms with Gasteiger partial charge in [0.1, 0.15) is 12.1 Å². The van der Waals surface area contributed by atoms with Crippen LogP contribution in [0.15, 0.2) is 24.5 Å². The van der Waals surface area contributed by atoms with Crippen molar-refractivity contribution < 1.29 is 4.39 Å². The van der Waals surface area contributed by atoms with Gasteiger partial charge in [-0.2, -0.15) is 0 Å². The quantitative estimate of drug-likeness (QED) is 0.932. The summed E-state index contributed by atoms with van der Waals surface area (Å²) < 4.78 is 15.5. The molecule has 7 heteroatoms. The molecule has 2 heterocycles. The molecule has 0 amide bonds. The van der Waals surface area contributed by atoms with Gasteiger partial charge in [0.2, 0.25) is 0 Å². The monoisotopic (exact) mass is 290 g/mol. The van der Waals surface area contributed by atoms with Crippen LogP contribution in [0.5, 0.6) is 0 Å². The number of hydrogen-bond acceptors (Lipinski definition) is 5. The van der Waals surface area contributed by atoms with Crippen molar-refractivity contribution in [3.05, 3.63) is 30.3 Å². The Morgan fingerprint density at radius 2 is 2.19 bits per heavy atom. The minimum atomic E-state index is -0.246. The van der Waals surface area contributed by atoms with Gasteiger partial charge >= 0.3 is 0 Å². The van der Waals surface area contributed by atoms with E-state index in [2.05, 4.69) is 32.8 Å². The van der Waals surface area contributed by atoms with Gasteiger partial charge in [-0.25, -0.2) is 9.07 Å². The molecule has 21 heavy (non-hydrogen) atoms. The van der Waals surface area contributed by atoms with Crippen molar-refractivity contribution in [2.45, 2.75) is 25.3 Å². The van der Waals surface area contributed by atoms with Crippen LogP contribution in [-0.4, -0.2) is 51.3 Å². The highest BCUT2D eigenvalue weighted by Gasteiger charge is 2.16. The molecule has 1 fully saturated rings. The fraction of sp³-hybridized carbons (Fsp3) is 0.500. The van der Waals surface area contributed by atoms with Crippen LogP contribution in [0.3, 0.4) is 0 Å². The van der Waals surface area contributed by atoms with Crippen molar-refractivity contribution in [1.29, 1.82) is 0 Å². The Labute approximate surface area is 122 Å². The number of nitrogens with one attached hydrogen (secondary N) is 1. The highest BCUT2D eigenvalue weighted by molar-refractivity contribution is 5.52. The number of halogens is 1. The van der Waals surface area contributed by atoms with Crippen LogP contribution in [0.2, 0.25) is 0 Å². The second-order valence-corrected chi connectivity index (χ2v) is 5.49. The van der Waals surface area contributed by atoms with Gasteiger partial charge in [0.15, 0.2) is 0 Å². The van der Waals surface area contributed by atoms with Crippen molar-refractivity contribution >= 4 is 5.69 Å². The lowest BCUT2D eigenvalue weighted by Crippen LogP contribution is -2.23. The Balaban J connectivity index is 1.76. The number of rotatable bonds is 3. The van der Waals surface area contributed by atoms with E-state index in [-0.39, 0.29) is 5.82 Å². The van der Waals surface area contributed by atoms with Gasteiger partial charge in [0.05, 0.1) is 11.4 Å². The first kappa shape index (κ1) is 13.9. The lowest BCUT2D eigenvalue weighted by molar-refractivity contribution is 0.348. The second kappa shape index (κ2) is 6.17. The first-order valence-corrected chi connectivity index (χ1v) is 7.20. The largest absolute Gasteiger partial charge is 0.380 e. The van der Waals surface area contributed by atoms with Gasteiger partial charge in [-0.3, -0.25) is 0 Å². The summed E-state index contributed by atoms with van der Waals surface area (Å²) in [6, 6.07) is 5.16. The van der Waals surface area contributed by atoms with Crippen LogP contribution in [0.25, 0.3) is 5.69 Å². The predicted molar refractivity (Wildman–Crippen MR) is 77.9 cm³/mol. The van der Waals surface area contributed by atoms with Gasteiger partial charge in [-0.05, 0) is 68.0 Å². The van der Waals surface area contributed by atoms with E-state index in [0.29, 0.717) is 11.7 Å². The standard InChI is InChI=1S/C14H19FN6/c1-20-7-2-3-11(6-8-20)17-14-9-12(4-5-13(14)15)21-10-16-18-19-21/h4-5,9-11,17H,2-3,6-8H2,1H3. The number of tetrazole rings is 1. The molecule has 0 radical (unpaired) electrons. The smallest absolute Gasteiger partial charge is 0.146 e. The number of hydrogen-bond donors (Lipinski definition) is 1. The first-order valence-electron chi connectivity index (χ1n) is 7.20. The summed E-state index contributed by atoms with van der Waals surface area (Å²) in [6.45, 7) is 2.14. The summed E-state index contributed by atoms with van der Waals surface area (Å²) in [6.07, 6.45) is 4.70. The number of likely N-dealkylation sites (tertiary alicyclic amines) is 1. The maximum Gasteiger partial charge on any atom is 0.146 e. The van der Waals surface area contributed by atoms with Crippen LogP contribution >= 0.6 is 0 Å². The average molecular weight is 290 g/mol. The molecule has 1 aromatic carbocycles. The summed E-state index contributed by atoms with van der Waals surface area (Å²) in [4.78, 5) is 2.32. The normalized spacial score (nSPS) is 20.2. The molecule has 0 saturated carbocycles. The van der Waals surface area contributed by atoms with Crippen LogP contribution in [0.1, 0.15) is 19.3 Å². The molecule has 1 atom stereocenters. The van der Waals surface area contributed by atoms with E-state index < -0.39 is 0 Å². The maximum atomic E-state index is 14.0. The molecular formula is C14H19FN6. The molecule has 1 aromatic heterocycles. The number of anilines is 1. The highest BCUT2D eigenvalue weighted by atomic mass is 19.1. The van der Waals surface area contributed by atoms with E-state index in [1.54, 1.807) is 12.1 Å². The van der Waals surface area contributed by atoms with Crippen LogP contribution in [-0.2, 0) is 0 Å². The summed E-state index contributed by atoms with van der Waals surface area (Å²) in [5, 5.41) is 14.4. The second-order valence-electron chi connectivity index (χ2n) is 5.49. The van der Waals surface area contributed by atoms with Gasteiger partial charge in [0.25, 0.3) is 0 Å². The zero-order chi connectivity index (χ0) is 14.7. The Hall–Kier alpha value is -2.02. The molecule has 2 aromatic rings. The van der Waals surface area contributed by atoms with E-state index >= 15 is 0 Å². The maximum absolute atomic E-state index is 14.0. The number of benzene rings is 1. The zero-order valence-electron chi connectivity index (χ0n) is 12.0. The van der Waals surface area contributed by atoms with E-state index in [1.165, 1.54) is 17.1 Å². The molecule has 6 nitrogen and oxygen atoms in total. The van der Waals surface area contributed by atoms with Crippen LogP contribution in [0.4, 0.5) is 10.1 Å². The molecule has 3 rings (SSSR count). The Bertz CT molecular complexity index is 585. The molecule has 1 aliphatic rings. The molecule has 1 unspecified atom stereocenters. The van der Waals surface area contributed by atoms with Gasteiger partial charge in [0, 0.05) is 6.04 Å². The molecule has 112 valence electrons. The lowest BCUT2D eigenvalue weighted by Gasteiger charge is -2.19. The average Bonchev–Trinajstić information content (AvgIpc) is 2.93. The zero-order valence-corrected chi connectivity index (χ0v) is 12.0. The van der Waals surface area contributed by atoms with Crippen molar-refractivity contribution in [1.82, 2.24) is 25.1 Å². The summed E-state index contributed by atoms with van der Waals surface area (Å²) in [7, 11) is 2.13. The predicted octanol–water partition coefficient (Wildman–Crippen LogP) is 1.70. The minimum Gasteiger partial charge on any atom is -0.380 e. The Kier molecular flexibility index (Phi) is 4.10. The molecule has 0 spiro atoms. The first-order chi connectivity index (χ1) is 10.2. The van der Waals surface area contributed by atoms with Gasteiger partial charge in [-0.15, -0.1) is 5.10 Å². The molecule has 0 bridgehead atoms. The molecule has 1 N–H and O–H groups in total. The van der Waals surface area contributed by atoms with Gasteiger partial charge in [-0.1, -0.05) is 0 Å². The molecule has 1 aliphatic heterocycles. The van der Waals surface area contributed by atoms with E-state index in [0.717, 1.165) is 38.0 Å². The third kappa shape index (κ3) is 3.36. The minimum absolute atomic E-state index is 0.246. The molecular weight excluding hydrogens is 271 g/mol. The summed E-state index contributed by atoms with van der Waals surface area (Å²) in [5.74, 6) is -0.246. The third-order valence-electron chi connectivity index (χ3n) is 3.87. The third-order valence-corrected chi connectivity index (χ3v) is 3.87. The summed E-state index contributed by atoms with van der Waals surface area (Å²) >= 11 is 0. The van der Waals surface area contributed by atoms with Crippen molar-refractivity contribution in [3.63, 3.8) is 0 Å². The summed E-state index contributed by atoms with van der Waals surface area (Å²) in [5.41, 5.74) is 1.26. The van der Waals surface area contributed by atoms with Crippen LogP contribution in [0, 0.1) is 5.82 Å². The van der Waals surface area contributed by atoms with Crippen molar-refractivity contribution in [2.24, 2.45) is 0 Å². The number of nitrogens with zero attached hydrogens (tertiary/aromatic N) is 5. The van der Waals surface area contributed by atoms with E-state index in [9.17, 15) is 4.39 Å². The van der Waals surface area contributed by atoms with E-state index in [1.807, 2.05) is 0 Å². The number of aromatic nitrogens is 4. The fourth-order valence-electron chi connectivity index (χ4n) is 2.65. The van der Waals surface area contributed by atoms with Crippen molar-refractivity contribution in [2.75, 3.05) is 25.5 Å². The SMILES string of the molecule is CN1CCCC(Nc2cc(-n3cnnn3)ccc2F)CC1. The van der Waals surface area contributed by atoms with E-state index in [4.69, 9.17) is 0 Å². The Morgan fingerprint density at radius 1 is 1.29 bits per heavy atom. The van der Waals surface area contributed by atoms with Crippen molar-refractivity contribution in [3.8, 4) is 5.69 Å². The molecule has 0 aliphatic carbocycles. The topological polar surface area (TPSA) is 58.9 Å². The Morgan fingerprint density at radius 3 is 3.00 bits per heavy atom. The van der Waals surface area contributed by atoms with Gasteiger partial charge < -0.3 is 10.2 Å². The van der Waals surface area contributed by atoms with Crippen LogP contribution < -0.4 is 5.32 Å².